The average molecular weight is 364 g/mol. The molecule has 3 aromatic rings. The number of hydrogen-bond donors (Lipinski definition) is 4. The fraction of sp³-hybridized carbons (Fsp3) is 0.158. The van der Waals surface area contributed by atoms with Crippen molar-refractivity contribution in [1.82, 2.24) is 10.2 Å². The molecule has 0 fully saturated rings. The van der Waals surface area contributed by atoms with E-state index in [1.54, 1.807) is 36.4 Å². The monoisotopic (exact) mass is 364 g/mol. The van der Waals surface area contributed by atoms with Crippen molar-refractivity contribution in [3.63, 3.8) is 0 Å². The molecule has 0 saturated carbocycles. The quantitative estimate of drug-likeness (QED) is 0.554. The van der Waals surface area contributed by atoms with Crippen LogP contribution < -0.4 is 10.6 Å². The molecule has 136 valence electrons. The molecule has 8 heteroatoms. The number of fused-ring (bicyclic) bond motifs is 2. The summed E-state index contributed by atoms with van der Waals surface area (Å²) in [6.45, 7) is 3.64. The van der Waals surface area contributed by atoms with Crippen molar-refractivity contribution in [1.29, 1.82) is 0 Å². The summed E-state index contributed by atoms with van der Waals surface area (Å²) in [7, 11) is 0. The molecule has 4 rings (SSSR count). The predicted octanol–water partition coefficient (Wildman–Crippen LogP) is 2.52. The van der Waals surface area contributed by atoms with Crippen LogP contribution in [0.1, 0.15) is 29.8 Å². The second-order valence-corrected chi connectivity index (χ2v) is 6.87. The molecule has 0 atom stereocenters. The third-order valence-electron chi connectivity index (χ3n) is 4.79. The summed E-state index contributed by atoms with van der Waals surface area (Å²) >= 11 is 0. The van der Waals surface area contributed by atoms with Crippen LogP contribution in [0.2, 0.25) is 0 Å². The molecule has 0 bridgehead atoms. The van der Waals surface area contributed by atoms with Gasteiger partial charge in [-0.25, -0.2) is 0 Å². The maximum atomic E-state index is 12.7. The lowest BCUT2D eigenvalue weighted by molar-refractivity contribution is -0.119. The van der Waals surface area contributed by atoms with Crippen LogP contribution in [0, 0.1) is 0 Å². The SMILES string of the molecule is CC1(C)C(=O)Nc2cc(C(=O)Nc3cccc4c(O)nnc(O)c34)ccc21. The zero-order valence-electron chi connectivity index (χ0n) is 14.6. The van der Waals surface area contributed by atoms with E-state index in [1.165, 1.54) is 0 Å². The number of rotatable bonds is 2. The van der Waals surface area contributed by atoms with Crippen LogP contribution in [0.15, 0.2) is 36.4 Å². The molecule has 27 heavy (non-hydrogen) atoms. The molecule has 0 unspecified atom stereocenters. The number of nitrogens with zero attached hydrogens (tertiary/aromatic N) is 2. The molecule has 8 nitrogen and oxygen atoms in total. The minimum atomic E-state index is -0.651. The number of aromatic hydroxyl groups is 2. The average Bonchev–Trinajstić information content (AvgIpc) is 2.87. The zero-order valence-corrected chi connectivity index (χ0v) is 14.6. The van der Waals surface area contributed by atoms with E-state index in [4.69, 9.17) is 0 Å². The molecule has 2 aromatic carbocycles. The molecule has 0 saturated heterocycles. The van der Waals surface area contributed by atoms with Gasteiger partial charge in [-0.3, -0.25) is 9.59 Å². The zero-order chi connectivity index (χ0) is 19.3. The molecule has 2 amide bonds. The topological polar surface area (TPSA) is 124 Å². The fourth-order valence-electron chi connectivity index (χ4n) is 3.21. The summed E-state index contributed by atoms with van der Waals surface area (Å²) < 4.78 is 0. The van der Waals surface area contributed by atoms with Crippen LogP contribution in [0.3, 0.4) is 0 Å². The van der Waals surface area contributed by atoms with Crippen molar-refractivity contribution < 1.29 is 19.8 Å². The Labute approximate surface area is 153 Å². The molecule has 1 aliphatic heterocycles. The number of carbonyl (C=O) groups is 2. The summed E-state index contributed by atoms with van der Waals surface area (Å²) in [6.07, 6.45) is 0. The van der Waals surface area contributed by atoms with E-state index in [2.05, 4.69) is 20.8 Å². The van der Waals surface area contributed by atoms with Gasteiger partial charge < -0.3 is 20.8 Å². The van der Waals surface area contributed by atoms with Crippen molar-refractivity contribution >= 4 is 34.0 Å². The first-order chi connectivity index (χ1) is 12.8. The lowest BCUT2D eigenvalue weighted by Gasteiger charge is -2.15. The van der Waals surface area contributed by atoms with Crippen LogP contribution in [0.25, 0.3) is 10.8 Å². The van der Waals surface area contributed by atoms with Gasteiger partial charge in [0.2, 0.25) is 17.7 Å². The Kier molecular flexibility index (Phi) is 3.52. The van der Waals surface area contributed by atoms with E-state index in [9.17, 15) is 19.8 Å². The first-order valence-corrected chi connectivity index (χ1v) is 8.23. The van der Waals surface area contributed by atoms with Crippen molar-refractivity contribution in [3.8, 4) is 11.8 Å². The largest absolute Gasteiger partial charge is 0.492 e. The first kappa shape index (κ1) is 16.8. The highest BCUT2D eigenvalue weighted by molar-refractivity contribution is 6.12. The number of aromatic nitrogens is 2. The van der Waals surface area contributed by atoms with Crippen LogP contribution in [0.4, 0.5) is 11.4 Å². The summed E-state index contributed by atoms with van der Waals surface area (Å²) in [4.78, 5) is 24.8. The van der Waals surface area contributed by atoms with Crippen LogP contribution >= 0.6 is 0 Å². The van der Waals surface area contributed by atoms with Gasteiger partial charge in [0.1, 0.15) is 0 Å². The summed E-state index contributed by atoms with van der Waals surface area (Å²) in [5, 5.41) is 32.7. The Bertz CT molecular complexity index is 1120. The Morgan fingerprint density at radius 3 is 2.63 bits per heavy atom. The van der Waals surface area contributed by atoms with Gasteiger partial charge in [0.15, 0.2) is 0 Å². The molecule has 0 aliphatic carbocycles. The Balaban J connectivity index is 1.71. The van der Waals surface area contributed by atoms with Crippen molar-refractivity contribution in [3.05, 3.63) is 47.5 Å². The van der Waals surface area contributed by atoms with Crippen LogP contribution in [-0.2, 0) is 10.2 Å². The molecule has 0 radical (unpaired) electrons. The lowest BCUT2D eigenvalue weighted by Crippen LogP contribution is -2.26. The van der Waals surface area contributed by atoms with E-state index >= 15 is 0 Å². The fourth-order valence-corrected chi connectivity index (χ4v) is 3.21. The van der Waals surface area contributed by atoms with Crippen molar-refractivity contribution in [2.24, 2.45) is 0 Å². The highest BCUT2D eigenvalue weighted by atomic mass is 16.3. The van der Waals surface area contributed by atoms with Crippen LogP contribution in [0.5, 0.6) is 11.8 Å². The maximum Gasteiger partial charge on any atom is 0.255 e. The van der Waals surface area contributed by atoms with Crippen LogP contribution in [-0.4, -0.2) is 32.2 Å². The standard InChI is InChI=1S/C19H16N4O4/c1-19(2)11-7-6-9(8-13(11)21-18(19)27)15(24)20-12-5-3-4-10-14(12)17(26)23-22-16(10)25/h3-8H,1-2H3,(H,20,24)(H,21,27)(H,22,25)(H,23,26). The van der Waals surface area contributed by atoms with Crippen molar-refractivity contribution in [2.75, 3.05) is 10.6 Å². The van der Waals surface area contributed by atoms with Gasteiger partial charge in [0.05, 0.1) is 21.9 Å². The number of nitrogens with one attached hydrogen (secondary N) is 2. The molecule has 0 spiro atoms. The van der Waals surface area contributed by atoms with Gasteiger partial charge in [-0.2, -0.15) is 0 Å². The van der Waals surface area contributed by atoms with Gasteiger partial charge in [-0.1, -0.05) is 12.1 Å². The van der Waals surface area contributed by atoms with Gasteiger partial charge in [-0.15, -0.1) is 10.2 Å². The Hall–Kier alpha value is -3.68. The van der Waals surface area contributed by atoms with Gasteiger partial charge in [-0.05, 0) is 43.7 Å². The molecule has 4 N–H and O–H groups in total. The summed E-state index contributed by atoms with van der Waals surface area (Å²) in [6, 6.07) is 9.75. The number of anilines is 2. The minimum Gasteiger partial charge on any atom is -0.492 e. The number of carbonyl (C=O) groups excluding carboxylic acids is 2. The number of amides is 2. The van der Waals surface area contributed by atoms with E-state index in [1.807, 2.05) is 13.8 Å². The summed E-state index contributed by atoms with van der Waals surface area (Å²) in [5.41, 5.74) is 1.40. The molecular weight excluding hydrogens is 348 g/mol. The predicted molar refractivity (Wildman–Crippen MR) is 98.9 cm³/mol. The van der Waals surface area contributed by atoms with Gasteiger partial charge in [0, 0.05) is 11.3 Å². The van der Waals surface area contributed by atoms with Gasteiger partial charge >= 0.3 is 0 Å². The second-order valence-electron chi connectivity index (χ2n) is 6.87. The minimum absolute atomic E-state index is 0.122. The smallest absolute Gasteiger partial charge is 0.255 e. The Morgan fingerprint density at radius 2 is 1.85 bits per heavy atom. The third kappa shape index (κ3) is 2.53. The summed E-state index contributed by atoms with van der Waals surface area (Å²) in [5.74, 6) is -1.30. The number of hydrogen-bond acceptors (Lipinski definition) is 6. The number of benzene rings is 2. The maximum absolute atomic E-state index is 12.7. The normalized spacial score (nSPS) is 14.7. The van der Waals surface area contributed by atoms with E-state index in [-0.39, 0.29) is 28.2 Å². The molecule has 2 heterocycles. The lowest BCUT2D eigenvalue weighted by atomic mass is 9.86. The molecule has 1 aliphatic rings. The molecule has 1 aromatic heterocycles. The van der Waals surface area contributed by atoms with Gasteiger partial charge in [0.25, 0.3) is 5.91 Å². The molecular formula is C19H16N4O4. The first-order valence-electron chi connectivity index (χ1n) is 8.23. The van der Waals surface area contributed by atoms with Crippen molar-refractivity contribution in [2.45, 2.75) is 19.3 Å². The van der Waals surface area contributed by atoms with E-state index in [0.717, 1.165) is 5.56 Å². The highest BCUT2D eigenvalue weighted by Gasteiger charge is 2.38. The Morgan fingerprint density at radius 1 is 1.11 bits per heavy atom. The van der Waals surface area contributed by atoms with E-state index < -0.39 is 17.2 Å². The second kappa shape index (κ2) is 5.66. The highest BCUT2D eigenvalue weighted by Crippen LogP contribution is 2.38. The third-order valence-corrected chi connectivity index (χ3v) is 4.79. The van der Waals surface area contributed by atoms with E-state index in [0.29, 0.717) is 11.3 Å².